The third kappa shape index (κ3) is 9.60. The molecule has 0 heterocycles. The smallest absolute Gasteiger partial charge is 0.219 e. The Balaban J connectivity index is 3.15. The van der Waals surface area contributed by atoms with Gasteiger partial charge in [0, 0.05) is 24.7 Å². The first kappa shape index (κ1) is 13.5. The van der Waals surface area contributed by atoms with Crippen molar-refractivity contribution in [3.63, 3.8) is 0 Å². The van der Waals surface area contributed by atoms with Crippen LogP contribution in [-0.4, -0.2) is 17.8 Å². The Bertz CT molecular complexity index is 186. The predicted octanol–water partition coefficient (Wildman–Crippen LogP) is 2.47. The van der Waals surface area contributed by atoms with E-state index in [0.717, 1.165) is 44.0 Å². The van der Waals surface area contributed by atoms with Gasteiger partial charge in [0.15, 0.2) is 0 Å². The molecule has 0 unspecified atom stereocenters. The Hall–Kier alpha value is -0.490. The van der Waals surface area contributed by atoms with Crippen LogP contribution >= 0.6 is 15.9 Å². The minimum absolute atomic E-state index is 0.159. The van der Waals surface area contributed by atoms with Crippen LogP contribution in [0.15, 0.2) is 0 Å². The van der Waals surface area contributed by atoms with Crippen molar-refractivity contribution in [2.75, 3.05) is 11.9 Å². The monoisotopic (exact) mass is 259 g/mol. The van der Waals surface area contributed by atoms with Crippen LogP contribution in [0.2, 0.25) is 0 Å². The molecule has 14 heavy (non-hydrogen) atoms. The zero-order valence-corrected chi connectivity index (χ0v) is 10.1. The predicted molar refractivity (Wildman–Crippen MR) is 63.3 cm³/mol. The molecule has 1 N–H and O–H groups in total. The Morgan fingerprint density at radius 3 is 2.71 bits per heavy atom. The second kappa shape index (κ2) is 10.6. The summed E-state index contributed by atoms with van der Waals surface area (Å²) in [5, 5.41) is 3.85. The van der Waals surface area contributed by atoms with E-state index in [2.05, 4.69) is 27.2 Å². The molecule has 0 aliphatic heterocycles. The summed E-state index contributed by atoms with van der Waals surface area (Å²) in [6.07, 6.45) is 10.6. The van der Waals surface area contributed by atoms with Gasteiger partial charge in [-0.25, -0.2) is 0 Å². The lowest BCUT2D eigenvalue weighted by Crippen LogP contribution is -2.23. The van der Waals surface area contributed by atoms with Crippen molar-refractivity contribution in [3.8, 4) is 12.3 Å². The average Bonchev–Trinajstić information content (AvgIpc) is 2.18. The number of amides is 1. The number of terminal acetylenes is 1. The normalized spacial score (nSPS) is 9.43. The van der Waals surface area contributed by atoms with E-state index in [9.17, 15) is 4.79 Å². The van der Waals surface area contributed by atoms with Crippen LogP contribution in [0.4, 0.5) is 0 Å². The standard InChI is InChI=1S/C11H18BrNO/c1-2-3-4-7-10-13-11(14)8-5-6-9-12/h1H,3-10H2,(H,13,14). The average molecular weight is 260 g/mol. The van der Waals surface area contributed by atoms with Crippen molar-refractivity contribution >= 4 is 21.8 Å². The van der Waals surface area contributed by atoms with Gasteiger partial charge in [0.25, 0.3) is 0 Å². The molecule has 3 heteroatoms. The van der Waals surface area contributed by atoms with Gasteiger partial charge in [0.05, 0.1) is 0 Å². The lowest BCUT2D eigenvalue weighted by molar-refractivity contribution is -0.121. The second-order valence-corrected chi connectivity index (χ2v) is 3.95. The van der Waals surface area contributed by atoms with E-state index in [0.29, 0.717) is 6.42 Å². The number of rotatable bonds is 8. The van der Waals surface area contributed by atoms with Gasteiger partial charge in [-0.1, -0.05) is 15.9 Å². The van der Waals surface area contributed by atoms with Crippen molar-refractivity contribution in [2.24, 2.45) is 0 Å². The third-order valence-electron chi connectivity index (χ3n) is 1.86. The van der Waals surface area contributed by atoms with Gasteiger partial charge in [-0.2, -0.15) is 0 Å². The maximum atomic E-state index is 11.2. The lowest BCUT2D eigenvalue weighted by atomic mass is 10.2. The molecule has 0 radical (unpaired) electrons. The van der Waals surface area contributed by atoms with Crippen molar-refractivity contribution < 1.29 is 4.79 Å². The molecule has 2 nitrogen and oxygen atoms in total. The molecule has 0 saturated carbocycles. The minimum Gasteiger partial charge on any atom is -0.356 e. The SMILES string of the molecule is C#CCCCCNC(=O)CCCCBr. The molecule has 0 aromatic rings. The maximum Gasteiger partial charge on any atom is 0.219 e. The number of hydrogen-bond acceptors (Lipinski definition) is 1. The largest absolute Gasteiger partial charge is 0.356 e. The third-order valence-corrected chi connectivity index (χ3v) is 2.42. The van der Waals surface area contributed by atoms with E-state index in [1.54, 1.807) is 0 Å². The number of alkyl halides is 1. The van der Waals surface area contributed by atoms with Crippen molar-refractivity contribution in [1.82, 2.24) is 5.32 Å². The number of halogens is 1. The Morgan fingerprint density at radius 1 is 1.29 bits per heavy atom. The topological polar surface area (TPSA) is 29.1 Å². The van der Waals surface area contributed by atoms with Gasteiger partial charge in [-0.15, -0.1) is 12.3 Å². The summed E-state index contributed by atoms with van der Waals surface area (Å²) in [6.45, 7) is 0.759. The number of nitrogens with one attached hydrogen (secondary N) is 1. The Labute approximate surface area is 95.0 Å². The first-order valence-electron chi connectivity index (χ1n) is 5.07. The molecule has 0 saturated heterocycles. The molecule has 0 rings (SSSR count). The maximum absolute atomic E-state index is 11.2. The zero-order valence-electron chi connectivity index (χ0n) is 8.52. The van der Waals surface area contributed by atoms with Crippen LogP contribution in [0.3, 0.4) is 0 Å². The van der Waals surface area contributed by atoms with Crippen molar-refractivity contribution in [3.05, 3.63) is 0 Å². The van der Waals surface area contributed by atoms with E-state index < -0.39 is 0 Å². The highest BCUT2D eigenvalue weighted by Crippen LogP contribution is 1.98. The minimum atomic E-state index is 0.159. The molecule has 0 aromatic heterocycles. The molecule has 0 bridgehead atoms. The van der Waals surface area contributed by atoms with Crippen LogP contribution in [0.5, 0.6) is 0 Å². The summed E-state index contributed by atoms with van der Waals surface area (Å²) in [4.78, 5) is 11.2. The molecule has 0 aromatic carbocycles. The summed E-state index contributed by atoms with van der Waals surface area (Å²) in [5.74, 6) is 2.74. The molecule has 0 aliphatic rings. The summed E-state index contributed by atoms with van der Waals surface area (Å²) >= 11 is 3.33. The van der Waals surface area contributed by atoms with Crippen LogP contribution in [0.1, 0.15) is 38.5 Å². The molecule has 0 fully saturated rings. The molecule has 0 spiro atoms. The van der Waals surface area contributed by atoms with E-state index in [4.69, 9.17) is 6.42 Å². The van der Waals surface area contributed by atoms with Gasteiger partial charge in [-0.3, -0.25) is 4.79 Å². The second-order valence-electron chi connectivity index (χ2n) is 3.16. The summed E-state index contributed by atoms with van der Waals surface area (Å²) in [5.41, 5.74) is 0. The highest BCUT2D eigenvalue weighted by Gasteiger charge is 1.98. The van der Waals surface area contributed by atoms with Crippen LogP contribution in [0.25, 0.3) is 0 Å². The summed E-state index contributed by atoms with van der Waals surface area (Å²) in [6, 6.07) is 0. The Kier molecular flexibility index (Phi) is 10.2. The summed E-state index contributed by atoms with van der Waals surface area (Å²) in [7, 11) is 0. The van der Waals surface area contributed by atoms with Crippen LogP contribution in [0, 0.1) is 12.3 Å². The van der Waals surface area contributed by atoms with Crippen molar-refractivity contribution in [1.29, 1.82) is 0 Å². The molecule has 1 amide bonds. The van der Waals surface area contributed by atoms with Crippen LogP contribution < -0.4 is 5.32 Å². The highest BCUT2D eigenvalue weighted by molar-refractivity contribution is 9.09. The number of unbranched alkanes of at least 4 members (excludes halogenated alkanes) is 3. The fourth-order valence-electron chi connectivity index (χ4n) is 1.05. The quantitative estimate of drug-likeness (QED) is 0.405. The lowest BCUT2D eigenvalue weighted by Gasteiger charge is -2.03. The van der Waals surface area contributed by atoms with Gasteiger partial charge < -0.3 is 5.32 Å². The van der Waals surface area contributed by atoms with Gasteiger partial charge in [0.1, 0.15) is 0 Å². The van der Waals surface area contributed by atoms with E-state index in [1.165, 1.54) is 0 Å². The Morgan fingerprint density at radius 2 is 2.07 bits per heavy atom. The molecule has 0 aliphatic carbocycles. The molecule has 80 valence electrons. The van der Waals surface area contributed by atoms with E-state index in [-0.39, 0.29) is 5.91 Å². The fraction of sp³-hybridized carbons (Fsp3) is 0.727. The van der Waals surface area contributed by atoms with Gasteiger partial charge >= 0.3 is 0 Å². The van der Waals surface area contributed by atoms with E-state index >= 15 is 0 Å². The molecular formula is C11H18BrNO. The molecular weight excluding hydrogens is 242 g/mol. The first-order chi connectivity index (χ1) is 6.81. The fourth-order valence-corrected chi connectivity index (χ4v) is 1.44. The first-order valence-corrected chi connectivity index (χ1v) is 6.19. The number of carbonyl (C=O) groups excluding carboxylic acids is 1. The summed E-state index contributed by atoms with van der Waals surface area (Å²) < 4.78 is 0. The van der Waals surface area contributed by atoms with E-state index in [1.807, 2.05) is 0 Å². The zero-order chi connectivity index (χ0) is 10.6. The molecule has 0 atom stereocenters. The van der Waals surface area contributed by atoms with Gasteiger partial charge in [0.2, 0.25) is 5.91 Å². The van der Waals surface area contributed by atoms with Crippen molar-refractivity contribution in [2.45, 2.75) is 38.5 Å². The highest BCUT2D eigenvalue weighted by atomic mass is 79.9. The van der Waals surface area contributed by atoms with Gasteiger partial charge in [-0.05, 0) is 25.7 Å². The van der Waals surface area contributed by atoms with Crippen LogP contribution in [-0.2, 0) is 4.79 Å². The number of hydrogen-bond donors (Lipinski definition) is 1. The number of carbonyl (C=O) groups is 1.